The molecule has 0 bridgehead atoms. The molecule has 41 heavy (non-hydrogen) atoms. The summed E-state index contributed by atoms with van der Waals surface area (Å²) in [4.78, 5) is 45.0. The van der Waals surface area contributed by atoms with E-state index in [0.717, 1.165) is 37.8 Å². The van der Waals surface area contributed by atoms with Gasteiger partial charge in [-0.1, -0.05) is 25.5 Å². The van der Waals surface area contributed by atoms with Gasteiger partial charge in [0.15, 0.2) is 11.5 Å². The van der Waals surface area contributed by atoms with Crippen LogP contribution in [0.4, 0.5) is 0 Å². The van der Waals surface area contributed by atoms with Gasteiger partial charge < -0.3 is 28.9 Å². The smallest absolute Gasteiger partial charge is 0.308 e. The van der Waals surface area contributed by atoms with Crippen LogP contribution in [0.25, 0.3) is 0 Å². The van der Waals surface area contributed by atoms with Crippen molar-refractivity contribution in [3.63, 3.8) is 0 Å². The van der Waals surface area contributed by atoms with Gasteiger partial charge in [-0.2, -0.15) is 0 Å². The Morgan fingerprint density at radius 1 is 1.02 bits per heavy atom. The highest BCUT2D eigenvalue weighted by atomic mass is 16.7. The summed E-state index contributed by atoms with van der Waals surface area (Å²) in [6, 6.07) is 10.2. The Labute approximate surface area is 242 Å². The number of pyridine rings is 1. The number of carbonyl (C=O) groups is 2. The molecule has 0 aliphatic carbocycles. The molecular weight excluding hydrogens is 524 g/mol. The lowest BCUT2D eigenvalue weighted by atomic mass is 9.84. The highest BCUT2D eigenvalue weighted by molar-refractivity contribution is 5.79. The average Bonchev–Trinajstić information content (AvgIpc) is 3.56. The number of likely N-dealkylation sites (tertiary alicyclic amines) is 1. The predicted molar refractivity (Wildman–Crippen MR) is 156 cm³/mol. The highest BCUT2D eigenvalue weighted by Gasteiger charge is 2.47. The van der Waals surface area contributed by atoms with Gasteiger partial charge in [0.25, 0.3) is 0 Å². The third kappa shape index (κ3) is 7.89. The van der Waals surface area contributed by atoms with Crippen LogP contribution >= 0.6 is 0 Å². The first-order valence-corrected chi connectivity index (χ1v) is 14.7. The molecule has 0 unspecified atom stereocenters. The van der Waals surface area contributed by atoms with E-state index in [9.17, 15) is 19.5 Å². The van der Waals surface area contributed by atoms with E-state index in [0.29, 0.717) is 44.1 Å². The van der Waals surface area contributed by atoms with Crippen molar-refractivity contribution in [3.05, 3.63) is 58.5 Å². The monoisotopic (exact) mass is 568 g/mol. The van der Waals surface area contributed by atoms with Crippen LogP contribution in [0.5, 0.6) is 11.5 Å². The number of benzene rings is 1. The third-order valence-corrected chi connectivity index (χ3v) is 8.18. The zero-order valence-corrected chi connectivity index (χ0v) is 24.5. The van der Waals surface area contributed by atoms with Crippen molar-refractivity contribution >= 4 is 11.9 Å². The fourth-order valence-corrected chi connectivity index (χ4v) is 5.97. The quantitative estimate of drug-likeness (QED) is 0.327. The van der Waals surface area contributed by atoms with Crippen LogP contribution in [0.1, 0.15) is 50.5 Å². The van der Waals surface area contributed by atoms with Crippen molar-refractivity contribution in [2.75, 3.05) is 53.6 Å². The van der Waals surface area contributed by atoms with Crippen molar-refractivity contribution in [3.8, 4) is 11.5 Å². The van der Waals surface area contributed by atoms with E-state index in [4.69, 9.17) is 9.47 Å². The molecular formula is C31H44N4O6. The molecule has 1 aromatic carbocycles. The number of aromatic nitrogens is 1. The first-order valence-electron chi connectivity index (χ1n) is 14.7. The Morgan fingerprint density at radius 3 is 2.51 bits per heavy atom. The number of hydrogen-bond donors (Lipinski definition) is 1. The summed E-state index contributed by atoms with van der Waals surface area (Å²) in [6.07, 6.45) is 6.01. The summed E-state index contributed by atoms with van der Waals surface area (Å²) in [5, 5.41) is 10.5. The SMILES string of the molecule is CCCCN(CCCCN(C)C)C(=O)CN1C[C@H](c2ccc3c(c2)OCO3)[C@@H](C(=O)O)[C@@H]1CCn1ccccc1=O. The fourth-order valence-electron chi connectivity index (χ4n) is 5.97. The number of carbonyl (C=O) groups excluding carboxylic acids is 1. The van der Waals surface area contributed by atoms with Gasteiger partial charge in [0, 0.05) is 50.4 Å². The maximum absolute atomic E-state index is 13.7. The summed E-state index contributed by atoms with van der Waals surface area (Å²) in [5.74, 6) is -0.702. The lowest BCUT2D eigenvalue weighted by molar-refractivity contribution is -0.144. The number of rotatable bonds is 15. The van der Waals surface area contributed by atoms with Crippen LogP contribution in [-0.2, 0) is 16.1 Å². The van der Waals surface area contributed by atoms with E-state index in [1.54, 1.807) is 22.9 Å². The van der Waals surface area contributed by atoms with Gasteiger partial charge in [-0.05, 0) is 70.1 Å². The van der Waals surface area contributed by atoms with E-state index in [1.165, 1.54) is 6.07 Å². The van der Waals surface area contributed by atoms with Gasteiger partial charge in [0.1, 0.15) is 0 Å². The number of ether oxygens (including phenoxy) is 2. The number of aryl methyl sites for hydroxylation is 1. The second-order valence-corrected chi connectivity index (χ2v) is 11.3. The Morgan fingerprint density at radius 2 is 1.78 bits per heavy atom. The molecule has 1 N–H and O–H groups in total. The molecule has 2 aromatic rings. The molecule has 3 atom stereocenters. The molecule has 224 valence electrons. The largest absolute Gasteiger partial charge is 0.481 e. The molecule has 0 saturated carbocycles. The van der Waals surface area contributed by atoms with Crippen molar-refractivity contribution in [2.45, 2.75) is 57.5 Å². The Bertz CT molecular complexity index is 1230. The van der Waals surface area contributed by atoms with E-state index in [-0.39, 0.29) is 30.7 Å². The van der Waals surface area contributed by atoms with Gasteiger partial charge in [0.2, 0.25) is 18.3 Å². The molecule has 0 spiro atoms. The normalized spacial score (nSPS) is 20.0. The van der Waals surface area contributed by atoms with Crippen LogP contribution in [0.2, 0.25) is 0 Å². The maximum atomic E-state index is 13.7. The van der Waals surface area contributed by atoms with Gasteiger partial charge in [-0.25, -0.2) is 0 Å². The second kappa shape index (κ2) is 14.5. The topological polar surface area (TPSA) is 105 Å². The predicted octanol–water partition coefficient (Wildman–Crippen LogP) is 3.11. The number of nitrogens with zero attached hydrogens (tertiary/aromatic N) is 4. The summed E-state index contributed by atoms with van der Waals surface area (Å²) in [7, 11) is 4.10. The van der Waals surface area contributed by atoms with Gasteiger partial charge in [0.05, 0.1) is 12.5 Å². The minimum atomic E-state index is -0.903. The number of fused-ring (bicyclic) bond motifs is 1. The lowest BCUT2D eigenvalue weighted by Gasteiger charge is -2.30. The number of unbranched alkanes of at least 4 members (excludes halogenated alkanes) is 2. The Balaban J connectivity index is 1.57. The first-order chi connectivity index (χ1) is 19.8. The Hall–Kier alpha value is -3.37. The standard InChI is InChI=1S/C31H44N4O6/c1-4-5-15-33(17-9-8-14-32(2)3)29(37)21-35-20-24(23-11-12-26-27(19-23)41-22-40-26)30(31(38)39)25(35)13-18-34-16-7-6-10-28(34)36/h6-7,10-12,16,19,24-25,30H,4-5,8-9,13-15,17-18,20-22H2,1-3H3,(H,38,39)/t24-,25+,30-/m1/s1. The minimum absolute atomic E-state index is 0.0284. The van der Waals surface area contributed by atoms with Crippen molar-refractivity contribution in [1.29, 1.82) is 0 Å². The molecule has 2 aliphatic heterocycles. The van der Waals surface area contributed by atoms with Crippen LogP contribution in [0.3, 0.4) is 0 Å². The van der Waals surface area contributed by atoms with Gasteiger partial charge >= 0.3 is 5.97 Å². The summed E-state index contributed by atoms with van der Waals surface area (Å²) >= 11 is 0. The third-order valence-electron chi connectivity index (χ3n) is 8.18. The van der Waals surface area contributed by atoms with Crippen molar-refractivity contribution in [1.82, 2.24) is 19.3 Å². The van der Waals surface area contributed by atoms with E-state index >= 15 is 0 Å². The summed E-state index contributed by atoms with van der Waals surface area (Å²) in [6.45, 7) is 5.57. The number of carboxylic acids is 1. The molecule has 4 rings (SSSR count). The lowest BCUT2D eigenvalue weighted by Crippen LogP contribution is -2.45. The van der Waals surface area contributed by atoms with Crippen LogP contribution < -0.4 is 15.0 Å². The second-order valence-electron chi connectivity index (χ2n) is 11.3. The summed E-state index contributed by atoms with van der Waals surface area (Å²) in [5.41, 5.74) is 0.723. The van der Waals surface area contributed by atoms with E-state index in [2.05, 4.69) is 11.8 Å². The van der Waals surface area contributed by atoms with Crippen LogP contribution in [0.15, 0.2) is 47.4 Å². The molecule has 2 aliphatic rings. The van der Waals surface area contributed by atoms with Gasteiger partial charge in [-0.3, -0.25) is 19.3 Å². The van der Waals surface area contributed by atoms with Crippen molar-refractivity contribution < 1.29 is 24.2 Å². The van der Waals surface area contributed by atoms with Crippen LogP contribution in [-0.4, -0.2) is 95.9 Å². The molecule has 10 nitrogen and oxygen atoms in total. The molecule has 1 saturated heterocycles. The molecule has 1 aromatic heterocycles. The zero-order chi connectivity index (χ0) is 29.4. The number of carboxylic acid groups (broad SMARTS) is 1. The highest BCUT2D eigenvalue weighted by Crippen LogP contribution is 2.42. The van der Waals surface area contributed by atoms with Gasteiger partial charge in [-0.15, -0.1) is 0 Å². The zero-order valence-electron chi connectivity index (χ0n) is 24.5. The minimum Gasteiger partial charge on any atom is -0.481 e. The van der Waals surface area contributed by atoms with Crippen LogP contribution in [0, 0.1) is 5.92 Å². The molecule has 0 radical (unpaired) electrons. The average molecular weight is 569 g/mol. The number of hydrogen-bond acceptors (Lipinski definition) is 7. The summed E-state index contributed by atoms with van der Waals surface area (Å²) < 4.78 is 12.6. The fraction of sp³-hybridized carbons (Fsp3) is 0.581. The number of aliphatic carboxylic acids is 1. The molecule has 10 heteroatoms. The Kier molecular flexibility index (Phi) is 10.8. The number of amides is 1. The van der Waals surface area contributed by atoms with E-state index in [1.807, 2.05) is 42.1 Å². The van der Waals surface area contributed by atoms with E-state index < -0.39 is 17.9 Å². The molecule has 3 heterocycles. The molecule has 1 fully saturated rings. The maximum Gasteiger partial charge on any atom is 0.308 e. The first kappa shape index (κ1) is 30.6. The molecule has 1 amide bonds. The van der Waals surface area contributed by atoms with Crippen molar-refractivity contribution in [2.24, 2.45) is 5.92 Å².